The number of aromatic nitrogens is 2. The molecule has 0 atom stereocenters. The zero-order valence-electron chi connectivity index (χ0n) is 16.6. The first-order chi connectivity index (χ1) is 14.4. The van der Waals surface area contributed by atoms with Crippen LogP contribution in [0.15, 0.2) is 58.4 Å². The first kappa shape index (κ1) is 20.3. The average molecular weight is 437 g/mol. The lowest BCUT2D eigenvalue weighted by Crippen LogP contribution is -2.23. The van der Waals surface area contributed by atoms with Crippen molar-refractivity contribution in [3.8, 4) is 0 Å². The Balaban J connectivity index is 1.75. The van der Waals surface area contributed by atoms with E-state index < -0.39 is 0 Å². The van der Waals surface area contributed by atoms with E-state index in [9.17, 15) is 9.59 Å². The fourth-order valence-corrected chi connectivity index (χ4v) is 4.33. The molecule has 0 unspecified atom stereocenters. The van der Waals surface area contributed by atoms with Gasteiger partial charge in [-0.1, -0.05) is 60.4 Å². The number of aryl methyl sites for hydroxylation is 1. The van der Waals surface area contributed by atoms with E-state index in [4.69, 9.17) is 12.2 Å². The Morgan fingerprint density at radius 3 is 2.63 bits per heavy atom. The number of thiocarbonyl (C=S) groups is 1. The standard InChI is InChI=1S/C22H20N4O2S2/c1-14-8-9-18-24-19(23-11-10-15-6-4-3-5-7-15)16(20(27)26(18)13-14)12-17-21(28)25(2)22(29)30-17/h3-9,12-13,23H,10-11H2,1-2H3/b17-12+. The Hall–Kier alpha value is -2.97. The number of hydrogen-bond donors (Lipinski definition) is 1. The van der Waals surface area contributed by atoms with E-state index in [1.807, 2.05) is 37.3 Å². The van der Waals surface area contributed by atoms with Gasteiger partial charge >= 0.3 is 0 Å². The number of likely N-dealkylation sites (N-methyl/N-ethyl adjacent to an activating group) is 1. The summed E-state index contributed by atoms with van der Waals surface area (Å²) in [5, 5.41) is 3.28. The van der Waals surface area contributed by atoms with Gasteiger partial charge in [-0.2, -0.15) is 0 Å². The van der Waals surface area contributed by atoms with Gasteiger partial charge in [-0.3, -0.25) is 18.9 Å². The van der Waals surface area contributed by atoms with Gasteiger partial charge in [0.05, 0.1) is 10.5 Å². The zero-order chi connectivity index (χ0) is 21.3. The van der Waals surface area contributed by atoms with Crippen molar-refractivity contribution < 1.29 is 4.79 Å². The predicted octanol–water partition coefficient (Wildman–Crippen LogP) is 3.49. The third kappa shape index (κ3) is 4.01. The fraction of sp³-hybridized carbons (Fsp3) is 0.182. The Kier molecular flexibility index (Phi) is 5.69. The SMILES string of the molecule is Cc1ccc2nc(NCCc3ccccc3)c(/C=C3/SC(=S)N(C)C3=O)c(=O)n2c1. The van der Waals surface area contributed by atoms with Crippen LogP contribution >= 0.6 is 24.0 Å². The number of carbonyl (C=O) groups is 1. The van der Waals surface area contributed by atoms with E-state index in [1.54, 1.807) is 19.3 Å². The largest absolute Gasteiger partial charge is 0.369 e. The second kappa shape index (κ2) is 8.41. The number of rotatable bonds is 5. The first-order valence-corrected chi connectivity index (χ1v) is 10.7. The van der Waals surface area contributed by atoms with E-state index in [2.05, 4.69) is 22.4 Å². The van der Waals surface area contributed by atoms with Crippen LogP contribution < -0.4 is 10.9 Å². The summed E-state index contributed by atoms with van der Waals surface area (Å²) in [4.78, 5) is 32.2. The van der Waals surface area contributed by atoms with Crippen molar-refractivity contribution >= 4 is 51.7 Å². The molecule has 2 aromatic heterocycles. The minimum atomic E-state index is -0.229. The maximum absolute atomic E-state index is 13.3. The minimum Gasteiger partial charge on any atom is -0.369 e. The number of nitrogens with zero attached hydrogens (tertiary/aromatic N) is 3. The normalized spacial score (nSPS) is 15.4. The van der Waals surface area contributed by atoms with Crippen LogP contribution in [0.1, 0.15) is 16.7 Å². The van der Waals surface area contributed by atoms with Crippen LogP contribution in [0, 0.1) is 6.92 Å². The molecule has 152 valence electrons. The highest BCUT2D eigenvalue weighted by atomic mass is 32.2. The Bertz CT molecular complexity index is 1240. The number of thioether (sulfide) groups is 1. The maximum Gasteiger partial charge on any atom is 0.267 e. The summed E-state index contributed by atoms with van der Waals surface area (Å²) >= 11 is 6.40. The molecule has 6 nitrogen and oxygen atoms in total. The molecule has 30 heavy (non-hydrogen) atoms. The summed E-state index contributed by atoms with van der Waals surface area (Å²) in [7, 11) is 1.63. The molecule has 1 saturated heterocycles. The van der Waals surface area contributed by atoms with Crippen LogP contribution in [-0.4, -0.2) is 38.1 Å². The van der Waals surface area contributed by atoms with Crippen LogP contribution in [0.2, 0.25) is 0 Å². The molecule has 1 amide bonds. The van der Waals surface area contributed by atoms with Gasteiger partial charge in [0.1, 0.15) is 15.8 Å². The van der Waals surface area contributed by atoms with Crippen molar-refractivity contribution in [1.82, 2.24) is 14.3 Å². The maximum atomic E-state index is 13.3. The van der Waals surface area contributed by atoms with Crippen molar-refractivity contribution in [3.05, 3.63) is 80.6 Å². The molecule has 3 heterocycles. The molecular weight excluding hydrogens is 416 g/mol. The summed E-state index contributed by atoms with van der Waals surface area (Å²) in [6, 6.07) is 13.8. The number of nitrogens with one attached hydrogen (secondary N) is 1. The van der Waals surface area contributed by atoms with Crippen molar-refractivity contribution in [1.29, 1.82) is 0 Å². The topological polar surface area (TPSA) is 66.7 Å². The van der Waals surface area contributed by atoms with Crippen LogP contribution in [0.5, 0.6) is 0 Å². The summed E-state index contributed by atoms with van der Waals surface area (Å²) in [5.41, 5.74) is 2.80. The summed E-state index contributed by atoms with van der Waals surface area (Å²) in [6.45, 7) is 2.52. The van der Waals surface area contributed by atoms with Crippen LogP contribution in [0.4, 0.5) is 5.82 Å². The summed E-state index contributed by atoms with van der Waals surface area (Å²) in [6.07, 6.45) is 4.13. The van der Waals surface area contributed by atoms with Crippen molar-refractivity contribution in [2.24, 2.45) is 0 Å². The Morgan fingerprint density at radius 2 is 1.93 bits per heavy atom. The minimum absolute atomic E-state index is 0.214. The van der Waals surface area contributed by atoms with E-state index in [-0.39, 0.29) is 11.5 Å². The molecule has 0 bridgehead atoms. The Labute approximate surface area is 183 Å². The lowest BCUT2D eigenvalue weighted by molar-refractivity contribution is -0.121. The molecule has 1 aliphatic rings. The van der Waals surface area contributed by atoms with E-state index in [0.29, 0.717) is 32.8 Å². The smallest absolute Gasteiger partial charge is 0.267 e. The molecule has 0 saturated carbocycles. The molecule has 0 spiro atoms. The first-order valence-electron chi connectivity index (χ1n) is 9.46. The third-order valence-electron chi connectivity index (χ3n) is 4.82. The number of fused-ring (bicyclic) bond motifs is 1. The number of amides is 1. The number of benzene rings is 1. The molecule has 1 aromatic carbocycles. The molecule has 8 heteroatoms. The average Bonchev–Trinajstić information content (AvgIpc) is 2.98. The van der Waals surface area contributed by atoms with E-state index in [1.165, 1.54) is 26.6 Å². The zero-order valence-corrected chi connectivity index (χ0v) is 18.2. The third-order valence-corrected chi connectivity index (χ3v) is 6.30. The highest BCUT2D eigenvalue weighted by molar-refractivity contribution is 8.26. The van der Waals surface area contributed by atoms with Gasteiger partial charge in [-0.15, -0.1) is 0 Å². The number of hydrogen-bond acceptors (Lipinski definition) is 6. The lowest BCUT2D eigenvalue weighted by Gasteiger charge is -2.12. The van der Waals surface area contributed by atoms with Gasteiger partial charge in [0, 0.05) is 19.8 Å². The van der Waals surface area contributed by atoms with E-state index >= 15 is 0 Å². The van der Waals surface area contributed by atoms with E-state index in [0.717, 1.165) is 12.0 Å². The molecule has 4 rings (SSSR count). The number of pyridine rings is 1. The predicted molar refractivity (Wildman–Crippen MR) is 126 cm³/mol. The van der Waals surface area contributed by atoms with Gasteiger partial charge in [0.25, 0.3) is 11.5 Å². The van der Waals surface area contributed by atoms with Crippen LogP contribution in [0.3, 0.4) is 0 Å². The second-order valence-electron chi connectivity index (χ2n) is 7.02. The van der Waals surface area contributed by atoms with Crippen LogP contribution in [-0.2, 0) is 11.2 Å². The summed E-state index contributed by atoms with van der Waals surface area (Å²) in [5.74, 6) is 0.245. The molecular formula is C22H20N4O2S2. The van der Waals surface area contributed by atoms with Gasteiger partial charge < -0.3 is 5.32 Å². The number of carbonyl (C=O) groups excluding carboxylic acids is 1. The molecule has 1 aliphatic heterocycles. The van der Waals surface area contributed by atoms with Crippen molar-refractivity contribution in [2.75, 3.05) is 18.9 Å². The van der Waals surface area contributed by atoms with Gasteiger partial charge in [0.15, 0.2) is 0 Å². The lowest BCUT2D eigenvalue weighted by atomic mass is 10.1. The van der Waals surface area contributed by atoms with Crippen molar-refractivity contribution in [3.63, 3.8) is 0 Å². The summed E-state index contributed by atoms with van der Waals surface area (Å²) < 4.78 is 1.98. The molecule has 1 N–H and O–H groups in total. The molecule has 1 fully saturated rings. The molecule has 0 aliphatic carbocycles. The highest BCUT2D eigenvalue weighted by Gasteiger charge is 2.29. The fourth-order valence-electron chi connectivity index (χ4n) is 3.17. The van der Waals surface area contributed by atoms with Crippen molar-refractivity contribution in [2.45, 2.75) is 13.3 Å². The quantitative estimate of drug-likeness (QED) is 0.488. The number of anilines is 1. The second-order valence-corrected chi connectivity index (χ2v) is 8.69. The van der Waals surface area contributed by atoms with Gasteiger partial charge in [0.2, 0.25) is 0 Å². The highest BCUT2D eigenvalue weighted by Crippen LogP contribution is 2.31. The monoisotopic (exact) mass is 436 g/mol. The van der Waals surface area contributed by atoms with Gasteiger partial charge in [-0.25, -0.2) is 4.98 Å². The molecule has 0 radical (unpaired) electrons. The molecule has 3 aromatic rings. The van der Waals surface area contributed by atoms with Crippen LogP contribution in [0.25, 0.3) is 11.7 Å². The Morgan fingerprint density at radius 1 is 1.17 bits per heavy atom. The van der Waals surface area contributed by atoms with Gasteiger partial charge in [-0.05, 0) is 36.6 Å².